The molecule has 2 aliphatic rings. The Bertz CT molecular complexity index is 1200. The third-order valence-corrected chi connectivity index (χ3v) is 8.23. The summed E-state index contributed by atoms with van der Waals surface area (Å²) in [5, 5.41) is 10.1. The quantitative estimate of drug-likeness (QED) is 0.667. The summed E-state index contributed by atoms with van der Waals surface area (Å²) in [4.78, 5) is 6.70. The summed E-state index contributed by atoms with van der Waals surface area (Å²) < 4.78 is 28.8. The third-order valence-electron chi connectivity index (χ3n) is 6.45. The molecule has 7 heteroatoms. The molecule has 3 atom stereocenters. The average molecular weight is 436 g/mol. The number of rotatable bonds is 5. The summed E-state index contributed by atoms with van der Waals surface area (Å²) >= 11 is 0. The molecule has 1 fully saturated rings. The van der Waals surface area contributed by atoms with Crippen LogP contribution in [-0.2, 0) is 16.6 Å². The number of nitrogens with zero attached hydrogens (tertiary/aromatic N) is 3. The predicted octanol–water partition coefficient (Wildman–Crippen LogP) is 2.93. The van der Waals surface area contributed by atoms with E-state index in [1.807, 2.05) is 55.6 Å². The highest BCUT2D eigenvalue weighted by Crippen LogP contribution is 2.49. The topological polar surface area (TPSA) is 73.7 Å². The monoisotopic (exact) mass is 435 g/mol. The fourth-order valence-corrected chi connectivity index (χ4v) is 6.61. The number of anilines is 1. The van der Waals surface area contributed by atoms with Gasteiger partial charge in [0.1, 0.15) is 0 Å². The van der Waals surface area contributed by atoms with Crippen molar-refractivity contribution in [1.82, 2.24) is 9.88 Å². The van der Waals surface area contributed by atoms with Crippen molar-refractivity contribution in [3.05, 3.63) is 89.7 Å². The predicted molar refractivity (Wildman–Crippen MR) is 119 cm³/mol. The Morgan fingerprint density at radius 3 is 2.68 bits per heavy atom. The van der Waals surface area contributed by atoms with Crippen LogP contribution in [0.25, 0.3) is 0 Å². The molecule has 2 aromatic carbocycles. The number of aliphatic hydroxyl groups excluding tert-OH is 1. The highest BCUT2D eigenvalue weighted by Gasteiger charge is 2.53. The van der Waals surface area contributed by atoms with Gasteiger partial charge in [0.2, 0.25) is 0 Å². The second kappa shape index (κ2) is 7.75. The molecule has 0 saturated carbocycles. The molecule has 6 nitrogen and oxygen atoms in total. The number of benzene rings is 2. The maximum absolute atomic E-state index is 13.6. The molecule has 1 saturated heterocycles. The van der Waals surface area contributed by atoms with Crippen LogP contribution in [0.5, 0.6) is 0 Å². The Kier molecular flexibility index (Phi) is 5.04. The van der Waals surface area contributed by atoms with E-state index in [0.717, 1.165) is 16.7 Å². The smallest absolute Gasteiger partial charge is 0.264 e. The van der Waals surface area contributed by atoms with Crippen molar-refractivity contribution in [3.63, 3.8) is 0 Å². The normalized spacial score (nSPS) is 23.0. The van der Waals surface area contributed by atoms with Crippen LogP contribution in [0.2, 0.25) is 0 Å². The van der Waals surface area contributed by atoms with Crippen molar-refractivity contribution in [2.45, 2.75) is 36.4 Å². The Morgan fingerprint density at radius 2 is 1.94 bits per heavy atom. The molecular weight excluding hydrogens is 410 g/mol. The first-order chi connectivity index (χ1) is 15.0. The zero-order chi connectivity index (χ0) is 21.6. The number of sulfonamides is 1. The Morgan fingerprint density at radius 1 is 1.10 bits per heavy atom. The van der Waals surface area contributed by atoms with Crippen LogP contribution in [0.4, 0.5) is 5.69 Å². The van der Waals surface area contributed by atoms with Crippen LogP contribution in [0.15, 0.2) is 78.0 Å². The van der Waals surface area contributed by atoms with E-state index in [1.165, 1.54) is 0 Å². The summed E-state index contributed by atoms with van der Waals surface area (Å²) in [6.45, 7) is 2.91. The molecule has 5 rings (SSSR count). The summed E-state index contributed by atoms with van der Waals surface area (Å²) in [5.74, 6) is 0.0989. The van der Waals surface area contributed by atoms with E-state index in [4.69, 9.17) is 0 Å². The van der Waals surface area contributed by atoms with E-state index in [1.54, 1.807) is 28.7 Å². The van der Waals surface area contributed by atoms with Crippen LogP contribution in [0.3, 0.4) is 0 Å². The van der Waals surface area contributed by atoms with Crippen LogP contribution < -0.4 is 4.31 Å². The first-order valence-corrected chi connectivity index (χ1v) is 11.9. The molecule has 1 aromatic heterocycles. The number of pyridine rings is 1. The summed E-state index contributed by atoms with van der Waals surface area (Å²) in [6, 6.07) is 18.6. The van der Waals surface area contributed by atoms with Crippen LogP contribution in [-0.4, -0.2) is 48.6 Å². The van der Waals surface area contributed by atoms with Gasteiger partial charge in [-0.2, -0.15) is 0 Å². The van der Waals surface area contributed by atoms with Gasteiger partial charge in [-0.25, -0.2) is 8.42 Å². The van der Waals surface area contributed by atoms with Gasteiger partial charge in [0.05, 0.1) is 23.7 Å². The molecular formula is C24H25N3O3S. The lowest BCUT2D eigenvalue weighted by molar-refractivity contribution is -0.0478. The zero-order valence-corrected chi connectivity index (χ0v) is 18.1. The van der Waals surface area contributed by atoms with Gasteiger partial charge < -0.3 is 5.11 Å². The summed E-state index contributed by atoms with van der Waals surface area (Å²) in [5.41, 5.74) is 3.65. The minimum absolute atomic E-state index is 0.00756. The van der Waals surface area contributed by atoms with Gasteiger partial charge in [-0.1, -0.05) is 36.4 Å². The first kappa shape index (κ1) is 20.2. The summed E-state index contributed by atoms with van der Waals surface area (Å²) in [7, 11) is -3.71. The van der Waals surface area contributed by atoms with Crippen molar-refractivity contribution in [2.75, 3.05) is 17.5 Å². The largest absolute Gasteiger partial charge is 0.395 e. The number of fused-ring (bicyclic) bond motifs is 3. The maximum Gasteiger partial charge on any atom is 0.264 e. The fraction of sp³-hybridized carbons (Fsp3) is 0.292. The van der Waals surface area contributed by atoms with E-state index in [9.17, 15) is 13.5 Å². The van der Waals surface area contributed by atoms with Gasteiger partial charge in [-0.05, 0) is 47.9 Å². The van der Waals surface area contributed by atoms with E-state index in [2.05, 4.69) is 9.88 Å². The Hall–Kier alpha value is -2.74. The molecule has 160 valence electrons. The van der Waals surface area contributed by atoms with Gasteiger partial charge >= 0.3 is 0 Å². The third kappa shape index (κ3) is 3.33. The maximum atomic E-state index is 13.6. The standard InChI is InChI=1S/C24H25N3O3S/c1-17-6-4-8-19(12-17)31(29,30)27-15-22-24(20-9-2-3-10-21(20)27)23(16-28)26(22)14-18-7-5-11-25-13-18/h2-13,22-24,28H,14-16H2,1H3/t22-,23+,24+/m1/s1. The van der Waals surface area contributed by atoms with E-state index < -0.39 is 10.0 Å². The second-order valence-electron chi connectivity index (χ2n) is 8.29. The number of aromatic nitrogens is 1. The van der Waals surface area contributed by atoms with Crippen LogP contribution in [0, 0.1) is 6.92 Å². The summed E-state index contributed by atoms with van der Waals surface area (Å²) in [6.07, 6.45) is 3.55. The zero-order valence-electron chi connectivity index (χ0n) is 17.3. The molecule has 1 N–H and O–H groups in total. The van der Waals surface area contributed by atoms with E-state index in [-0.39, 0.29) is 24.6 Å². The minimum atomic E-state index is -3.71. The fourth-order valence-electron chi connectivity index (χ4n) is 5.00. The molecule has 2 aliphatic heterocycles. The van der Waals surface area contributed by atoms with Crippen molar-refractivity contribution in [2.24, 2.45) is 0 Å². The highest BCUT2D eigenvalue weighted by molar-refractivity contribution is 7.92. The van der Waals surface area contributed by atoms with Crippen molar-refractivity contribution in [1.29, 1.82) is 0 Å². The number of hydrogen-bond acceptors (Lipinski definition) is 5. The van der Waals surface area contributed by atoms with Crippen molar-refractivity contribution >= 4 is 15.7 Å². The number of para-hydroxylation sites is 1. The molecule has 3 heterocycles. The van der Waals surface area contributed by atoms with Gasteiger partial charge in [-0.3, -0.25) is 14.2 Å². The molecule has 0 bridgehead atoms. The van der Waals surface area contributed by atoms with Gasteiger partial charge in [0, 0.05) is 36.9 Å². The molecule has 0 aliphatic carbocycles. The number of likely N-dealkylation sites (tertiary alicyclic amines) is 1. The van der Waals surface area contributed by atoms with Crippen LogP contribution >= 0.6 is 0 Å². The minimum Gasteiger partial charge on any atom is -0.395 e. The molecule has 31 heavy (non-hydrogen) atoms. The van der Waals surface area contributed by atoms with Gasteiger partial charge in [0.25, 0.3) is 10.0 Å². The molecule has 0 amide bonds. The lowest BCUT2D eigenvalue weighted by Crippen LogP contribution is -2.68. The Labute approximate surface area is 182 Å². The second-order valence-corrected chi connectivity index (χ2v) is 10.2. The SMILES string of the molecule is Cc1cccc(S(=O)(=O)N2C[C@@H]3[C@H](c4ccccc42)[C@H](CO)N3Cc2cccnc2)c1. The van der Waals surface area contributed by atoms with Gasteiger partial charge in [-0.15, -0.1) is 0 Å². The first-order valence-electron chi connectivity index (χ1n) is 10.4. The Balaban J connectivity index is 1.55. The average Bonchev–Trinajstić information content (AvgIpc) is 2.78. The van der Waals surface area contributed by atoms with E-state index in [0.29, 0.717) is 23.7 Å². The van der Waals surface area contributed by atoms with Crippen molar-refractivity contribution in [3.8, 4) is 0 Å². The van der Waals surface area contributed by atoms with Gasteiger partial charge in [0.15, 0.2) is 0 Å². The molecule has 0 radical (unpaired) electrons. The van der Waals surface area contributed by atoms with Crippen LogP contribution in [0.1, 0.15) is 22.6 Å². The lowest BCUT2D eigenvalue weighted by atomic mass is 9.72. The lowest BCUT2D eigenvalue weighted by Gasteiger charge is -2.59. The number of aliphatic hydroxyl groups is 1. The highest BCUT2D eigenvalue weighted by atomic mass is 32.2. The van der Waals surface area contributed by atoms with E-state index >= 15 is 0 Å². The van der Waals surface area contributed by atoms with Crippen molar-refractivity contribution < 1.29 is 13.5 Å². The molecule has 3 aromatic rings. The molecule has 0 spiro atoms. The molecule has 0 unspecified atom stereocenters. The number of hydrogen-bond donors (Lipinski definition) is 1. The number of aryl methyl sites for hydroxylation is 1.